The SMILES string of the molecule is CCOC(=O)c1cnc(SC)nc1N[C@H]1C[C@H](C(=O)O)C1. The molecule has 0 aromatic carbocycles. The first kappa shape index (κ1) is 15.6. The van der Waals surface area contributed by atoms with Crippen molar-refractivity contribution in [2.45, 2.75) is 31.0 Å². The normalized spacial score (nSPS) is 20.5. The molecule has 1 aliphatic carbocycles. The van der Waals surface area contributed by atoms with E-state index >= 15 is 0 Å². The number of carboxylic acids is 1. The number of rotatable bonds is 6. The van der Waals surface area contributed by atoms with Gasteiger partial charge in [0.25, 0.3) is 0 Å². The van der Waals surface area contributed by atoms with Crippen molar-refractivity contribution in [2.24, 2.45) is 5.92 Å². The average Bonchev–Trinajstić information content (AvgIpc) is 2.41. The Hall–Kier alpha value is -1.83. The second-order valence-electron chi connectivity index (χ2n) is 4.69. The number of carbonyl (C=O) groups excluding carboxylic acids is 1. The summed E-state index contributed by atoms with van der Waals surface area (Å²) in [5.74, 6) is -1.19. The van der Waals surface area contributed by atoms with Crippen LogP contribution in [0.5, 0.6) is 0 Å². The number of hydrogen-bond donors (Lipinski definition) is 2. The van der Waals surface area contributed by atoms with Gasteiger partial charge in [-0.15, -0.1) is 0 Å². The minimum atomic E-state index is -0.786. The number of aliphatic carboxylic acids is 1. The molecule has 1 saturated carbocycles. The molecule has 0 spiro atoms. The Labute approximate surface area is 126 Å². The summed E-state index contributed by atoms with van der Waals surface area (Å²) < 4.78 is 4.97. The van der Waals surface area contributed by atoms with Crippen molar-refractivity contribution < 1.29 is 19.4 Å². The Balaban J connectivity index is 2.12. The van der Waals surface area contributed by atoms with Crippen LogP contribution in [0.25, 0.3) is 0 Å². The van der Waals surface area contributed by atoms with Gasteiger partial charge in [0, 0.05) is 12.2 Å². The van der Waals surface area contributed by atoms with Gasteiger partial charge in [-0.1, -0.05) is 11.8 Å². The van der Waals surface area contributed by atoms with Gasteiger partial charge in [-0.05, 0) is 26.0 Å². The number of esters is 1. The molecule has 0 unspecified atom stereocenters. The van der Waals surface area contributed by atoms with Gasteiger partial charge in [0.2, 0.25) is 0 Å². The van der Waals surface area contributed by atoms with E-state index in [1.54, 1.807) is 6.92 Å². The molecule has 8 heteroatoms. The molecule has 1 fully saturated rings. The molecule has 0 saturated heterocycles. The van der Waals surface area contributed by atoms with Crippen LogP contribution in [-0.4, -0.2) is 45.9 Å². The number of carbonyl (C=O) groups is 2. The summed E-state index contributed by atoms with van der Waals surface area (Å²) in [5.41, 5.74) is 0.272. The van der Waals surface area contributed by atoms with Crippen LogP contribution in [0, 0.1) is 5.92 Å². The third kappa shape index (κ3) is 3.63. The molecule has 21 heavy (non-hydrogen) atoms. The first-order valence-electron chi connectivity index (χ1n) is 6.62. The summed E-state index contributed by atoms with van der Waals surface area (Å²) in [6.07, 6.45) is 4.33. The van der Waals surface area contributed by atoms with Gasteiger partial charge < -0.3 is 15.2 Å². The first-order chi connectivity index (χ1) is 10.0. The van der Waals surface area contributed by atoms with Crippen molar-refractivity contribution >= 4 is 29.5 Å². The fraction of sp³-hybridized carbons (Fsp3) is 0.538. The molecule has 114 valence electrons. The second-order valence-corrected chi connectivity index (χ2v) is 5.46. The molecular formula is C13H17N3O4S. The van der Waals surface area contributed by atoms with Crippen LogP contribution in [0.4, 0.5) is 5.82 Å². The predicted octanol–water partition coefficient (Wildman–Crippen LogP) is 1.65. The molecule has 0 radical (unpaired) electrons. The Morgan fingerprint density at radius 3 is 2.81 bits per heavy atom. The molecular weight excluding hydrogens is 294 g/mol. The van der Waals surface area contributed by atoms with Gasteiger partial charge in [0.15, 0.2) is 5.16 Å². The molecule has 1 aromatic heterocycles. The van der Waals surface area contributed by atoms with Crippen LogP contribution in [0.2, 0.25) is 0 Å². The fourth-order valence-corrected chi connectivity index (χ4v) is 2.40. The highest BCUT2D eigenvalue weighted by Gasteiger charge is 2.35. The van der Waals surface area contributed by atoms with E-state index in [0.717, 1.165) is 0 Å². The van der Waals surface area contributed by atoms with Crippen LogP contribution < -0.4 is 5.32 Å². The molecule has 1 aliphatic rings. The topological polar surface area (TPSA) is 101 Å². The van der Waals surface area contributed by atoms with Gasteiger partial charge in [-0.25, -0.2) is 14.8 Å². The fourth-order valence-electron chi connectivity index (χ4n) is 2.06. The number of ether oxygens (including phenoxy) is 1. The van der Waals surface area contributed by atoms with Crippen molar-refractivity contribution in [3.63, 3.8) is 0 Å². The highest BCUT2D eigenvalue weighted by molar-refractivity contribution is 7.98. The first-order valence-corrected chi connectivity index (χ1v) is 7.85. The zero-order chi connectivity index (χ0) is 15.4. The van der Waals surface area contributed by atoms with Gasteiger partial charge in [0.05, 0.1) is 12.5 Å². The standard InChI is InChI=1S/C13H17N3O4S/c1-3-20-12(19)9-6-14-13(21-2)16-10(9)15-8-4-7(5-8)11(17)18/h6-8H,3-5H2,1-2H3,(H,17,18)(H,14,15,16)/t7-,8-. The molecule has 2 N–H and O–H groups in total. The lowest BCUT2D eigenvalue weighted by molar-refractivity contribution is -0.144. The Morgan fingerprint density at radius 2 is 2.24 bits per heavy atom. The van der Waals surface area contributed by atoms with Crippen LogP contribution in [-0.2, 0) is 9.53 Å². The number of nitrogens with zero attached hydrogens (tertiary/aromatic N) is 2. The smallest absolute Gasteiger partial charge is 0.343 e. The van der Waals surface area contributed by atoms with Crippen LogP contribution in [0.3, 0.4) is 0 Å². The average molecular weight is 311 g/mol. The molecule has 0 aliphatic heterocycles. The Kier molecular flexibility index (Phi) is 5.00. The maximum atomic E-state index is 11.9. The number of thioether (sulfide) groups is 1. The minimum absolute atomic E-state index is 0.00360. The summed E-state index contributed by atoms with van der Waals surface area (Å²) in [6, 6.07) is 0.00360. The van der Waals surface area contributed by atoms with Crippen LogP contribution >= 0.6 is 11.8 Å². The monoisotopic (exact) mass is 311 g/mol. The molecule has 1 aromatic rings. The van der Waals surface area contributed by atoms with Gasteiger partial charge in [0.1, 0.15) is 11.4 Å². The molecule has 0 bridgehead atoms. The summed E-state index contributed by atoms with van der Waals surface area (Å²) >= 11 is 1.37. The zero-order valence-electron chi connectivity index (χ0n) is 11.8. The quantitative estimate of drug-likeness (QED) is 0.464. The van der Waals surface area contributed by atoms with Crippen molar-refractivity contribution in [2.75, 3.05) is 18.2 Å². The summed E-state index contributed by atoms with van der Waals surface area (Å²) in [6.45, 7) is 2.00. The van der Waals surface area contributed by atoms with Gasteiger partial charge in [-0.2, -0.15) is 0 Å². The molecule has 0 amide bonds. The number of hydrogen-bond acceptors (Lipinski definition) is 7. The maximum absolute atomic E-state index is 11.9. The van der Waals surface area contributed by atoms with E-state index in [9.17, 15) is 9.59 Å². The van der Waals surface area contributed by atoms with Gasteiger partial charge >= 0.3 is 11.9 Å². The molecule has 0 atom stereocenters. The van der Waals surface area contributed by atoms with E-state index in [2.05, 4.69) is 15.3 Å². The summed E-state index contributed by atoms with van der Waals surface area (Å²) in [5, 5.41) is 12.5. The van der Waals surface area contributed by atoms with E-state index in [4.69, 9.17) is 9.84 Å². The van der Waals surface area contributed by atoms with E-state index < -0.39 is 11.9 Å². The largest absolute Gasteiger partial charge is 0.481 e. The lowest BCUT2D eigenvalue weighted by Gasteiger charge is -2.33. The highest BCUT2D eigenvalue weighted by Crippen LogP contribution is 2.31. The number of carboxylic acid groups (broad SMARTS) is 1. The summed E-state index contributed by atoms with van der Waals surface area (Å²) in [7, 11) is 0. The van der Waals surface area contributed by atoms with E-state index in [1.165, 1.54) is 18.0 Å². The lowest BCUT2D eigenvalue weighted by atomic mass is 9.80. The van der Waals surface area contributed by atoms with Crippen molar-refractivity contribution in [3.8, 4) is 0 Å². The Morgan fingerprint density at radius 1 is 1.52 bits per heavy atom. The third-order valence-corrected chi connectivity index (χ3v) is 3.83. The van der Waals surface area contributed by atoms with Crippen molar-refractivity contribution in [3.05, 3.63) is 11.8 Å². The molecule has 7 nitrogen and oxygen atoms in total. The van der Waals surface area contributed by atoms with Crippen molar-refractivity contribution in [1.82, 2.24) is 9.97 Å². The van der Waals surface area contributed by atoms with E-state index in [0.29, 0.717) is 23.8 Å². The van der Waals surface area contributed by atoms with Crippen LogP contribution in [0.1, 0.15) is 30.1 Å². The minimum Gasteiger partial charge on any atom is -0.481 e. The van der Waals surface area contributed by atoms with Gasteiger partial charge in [-0.3, -0.25) is 4.79 Å². The number of nitrogens with one attached hydrogen (secondary N) is 1. The maximum Gasteiger partial charge on any atom is 0.343 e. The summed E-state index contributed by atoms with van der Waals surface area (Å²) in [4.78, 5) is 31.0. The zero-order valence-corrected chi connectivity index (χ0v) is 12.6. The lowest BCUT2D eigenvalue weighted by Crippen LogP contribution is -2.40. The molecule has 1 heterocycles. The van der Waals surface area contributed by atoms with E-state index in [-0.39, 0.29) is 24.1 Å². The third-order valence-electron chi connectivity index (χ3n) is 3.27. The number of aromatic nitrogens is 2. The predicted molar refractivity (Wildman–Crippen MR) is 77.5 cm³/mol. The van der Waals surface area contributed by atoms with Crippen LogP contribution in [0.15, 0.2) is 11.4 Å². The van der Waals surface area contributed by atoms with Crippen molar-refractivity contribution in [1.29, 1.82) is 0 Å². The number of anilines is 1. The van der Waals surface area contributed by atoms with E-state index in [1.807, 2.05) is 6.26 Å². The molecule has 2 rings (SSSR count). The Bertz CT molecular complexity index is 546. The highest BCUT2D eigenvalue weighted by atomic mass is 32.2. The second kappa shape index (κ2) is 6.75.